The summed E-state index contributed by atoms with van der Waals surface area (Å²) in [5.41, 5.74) is 3.43. The molecule has 1 aromatic carbocycles. The van der Waals surface area contributed by atoms with Gasteiger partial charge in [-0.25, -0.2) is 14.2 Å². The predicted octanol–water partition coefficient (Wildman–Crippen LogP) is 2.51. The molecule has 1 amide bonds. The van der Waals surface area contributed by atoms with Gasteiger partial charge in [-0.3, -0.25) is 9.78 Å². The monoisotopic (exact) mass is 275 g/mol. The smallest absolute Gasteiger partial charge is 0.267 e. The molecule has 0 unspecified atom stereocenters. The van der Waals surface area contributed by atoms with Crippen LogP contribution in [0, 0.1) is 11.6 Å². The number of nitrogens with zero attached hydrogens (tertiary/aromatic N) is 2. The first-order valence-corrected chi connectivity index (χ1v) is 5.78. The maximum absolute atomic E-state index is 13.1. The number of aromatic nitrogens is 1. The molecule has 1 aromatic heterocycles. The van der Waals surface area contributed by atoms with Crippen molar-refractivity contribution >= 4 is 11.6 Å². The zero-order chi connectivity index (χ0) is 14.5. The molecule has 6 heteroatoms. The molecule has 0 aliphatic heterocycles. The molecule has 0 radical (unpaired) electrons. The van der Waals surface area contributed by atoms with Gasteiger partial charge in [0.1, 0.15) is 0 Å². The Morgan fingerprint density at radius 3 is 2.65 bits per heavy atom. The number of rotatable bonds is 3. The van der Waals surface area contributed by atoms with E-state index < -0.39 is 17.5 Å². The van der Waals surface area contributed by atoms with E-state index in [1.165, 1.54) is 12.3 Å². The van der Waals surface area contributed by atoms with E-state index in [1.54, 1.807) is 25.3 Å². The van der Waals surface area contributed by atoms with Crippen molar-refractivity contribution in [1.29, 1.82) is 0 Å². The van der Waals surface area contributed by atoms with Gasteiger partial charge in [0.15, 0.2) is 11.6 Å². The van der Waals surface area contributed by atoms with E-state index in [9.17, 15) is 13.6 Å². The summed E-state index contributed by atoms with van der Waals surface area (Å²) in [6, 6.07) is 6.62. The van der Waals surface area contributed by atoms with Crippen molar-refractivity contribution < 1.29 is 13.6 Å². The number of carbonyl (C=O) groups excluding carboxylic acids is 1. The first-order chi connectivity index (χ1) is 9.58. The molecule has 2 aromatic rings. The fourth-order valence-corrected chi connectivity index (χ4v) is 1.48. The van der Waals surface area contributed by atoms with E-state index >= 15 is 0 Å². The normalized spacial score (nSPS) is 11.2. The molecule has 2 rings (SSSR count). The minimum Gasteiger partial charge on any atom is -0.267 e. The minimum atomic E-state index is -0.962. The molecule has 0 aliphatic rings. The van der Waals surface area contributed by atoms with Gasteiger partial charge >= 0.3 is 0 Å². The molecule has 0 atom stereocenters. The van der Waals surface area contributed by atoms with E-state index in [2.05, 4.69) is 15.5 Å². The van der Waals surface area contributed by atoms with Crippen LogP contribution in [0.4, 0.5) is 8.78 Å². The van der Waals surface area contributed by atoms with Gasteiger partial charge in [0.25, 0.3) is 5.91 Å². The Kier molecular flexibility index (Phi) is 4.14. The first-order valence-electron chi connectivity index (χ1n) is 5.78. The van der Waals surface area contributed by atoms with Crippen molar-refractivity contribution in [2.24, 2.45) is 5.10 Å². The fraction of sp³-hybridized carbons (Fsp3) is 0.0714. The lowest BCUT2D eigenvalue weighted by Crippen LogP contribution is -2.19. The summed E-state index contributed by atoms with van der Waals surface area (Å²) in [6.07, 6.45) is 2.95. The molecule has 1 N–H and O–H groups in total. The van der Waals surface area contributed by atoms with Crippen molar-refractivity contribution in [3.05, 3.63) is 65.5 Å². The highest BCUT2D eigenvalue weighted by Gasteiger charge is 2.06. The second-order valence-electron chi connectivity index (χ2n) is 4.01. The Bertz CT molecular complexity index is 657. The van der Waals surface area contributed by atoms with Gasteiger partial charge in [0, 0.05) is 18.0 Å². The number of halogens is 2. The molecule has 0 saturated carbocycles. The minimum absolute atomic E-state index is 0.356. The maximum atomic E-state index is 13.1. The highest BCUT2D eigenvalue weighted by molar-refractivity contribution is 6.00. The van der Waals surface area contributed by atoms with Crippen LogP contribution in [0.1, 0.15) is 22.8 Å². The number of hydrogen-bond donors (Lipinski definition) is 1. The molecular weight excluding hydrogens is 264 g/mol. The SMILES string of the molecule is CC(=NNC(=O)c1cccnc1)c1ccc(F)c(F)c1. The third-order valence-corrected chi connectivity index (χ3v) is 2.59. The summed E-state index contributed by atoms with van der Waals surface area (Å²) in [5.74, 6) is -2.32. The molecule has 0 aliphatic carbocycles. The molecule has 1 heterocycles. The Morgan fingerprint density at radius 1 is 1.20 bits per heavy atom. The van der Waals surface area contributed by atoms with E-state index in [-0.39, 0.29) is 0 Å². The zero-order valence-corrected chi connectivity index (χ0v) is 10.6. The number of carbonyl (C=O) groups is 1. The van der Waals surface area contributed by atoms with Crippen molar-refractivity contribution in [3.8, 4) is 0 Å². The molecule has 20 heavy (non-hydrogen) atoms. The Balaban J connectivity index is 2.11. The number of amides is 1. The molecule has 0 fully saturated rings. The largest absolute Gasteiger partial charge is 0.272 e. The van der Waals surface area contributed by atoms with E-state index in [1.807, 2.05) is 0 Å². The van der Waals surface area contributed by atoms with Gasteiger partial charge in [-0.2, -0.15) is 5.10 Å². The Labute approximate surface area is 114 Å². The molecule has 0 bridgehead atoms. The third kappa shape index (κ3) is 3.23. The van der Waals surface area contributed by atoms with Gasteiger partial charge < -0.3 is 0 Å². The fourth-order valence-electron chi connectivity index (χ4n) is 1.48. The van der Waals surface area contributed by atoms with Crippen LogP contribution in [-0.2, 0) is 0 Å². The van der Waals surface area contributed by atoms with Crippen LogP contribution in [0.25, 0.3) is 0 Å². The van der Waals surface area contributed by atoms with Crippen LogP contribution in [0.3, 0.4) is 0 Å². The van der Waals surface area contributed by atoms with Gasteiger partial charge in [-0.1, -0.05) is 0 Å². The van der Waals surface area contributed by atoms with Crippen molar-refractivity contribution in [2.75, 3.05) is 0 Å². The lowest BCUT2D eigenvalue weighted by atomic mass is 10.1. The highest BCUT2D eigenvalue weighted by Crippen LogP contribution is 2.09. The quantitative estimate of drug-likeness (QED) is 0.691. The summed E-state index contributed by atoms with van der Waals surface area (Å²) in [7, 11) is 0. The van der Waals surface area contributed by atoms with Gasteiger partial charge in [0.2, 0.25) is 0 Å². The van der Waals surface area contributed by atoms with Gasteiger partial charge in [-0.15, -0.1) is 0 Å². The number of pyridine rings is 1. The van der Waals surface area contributed by atoms with Crippen molar-refractivity contribution in [2.45, 2.75) is 6.92 Å². The van der Waals surface area contributed by atoms with E-state index in [0.29, 0.717) is 16.8 Å². The Morgan fingerprint density at radius 2 is 2.00 bits per heavy atom. The number of hydrazone groups is 1. The van der Waals surface area contributed by atoms with Crippen LogP contribution in [0.15, 0.2) is 47.8 Å². The standard InChI is InChI=1S/C14H11F2N3O/c1-9(10-4-5-12(15)13(16)7-10)18-19-14(20)11-3-2-6-17-8-11/h2-8H,1H3,(H,19,20). The average molecular weight is 275 g/mol. The summed E-state index contributed by atoms with van der Waals surface area (Å²) >= 11 is 0. The van der Waals surface area contributed by atoms with Gasteiger partial charge in [0.05, 0.1) is 11.3 Å². The van der Waals surface area contributed by atoms with E-state index in [4.69, 9.17) is 0 Å². The topological polar surface area (TPSA) is 54.4 Å². The second kappa shape index (κ2) is 6.01. The lowest BCUT2D eigenvalue weighted by Gasteiger charge is -2.03. The third-order valence-electron chi connectivity index (χ3n) is 2.59. The van der Waals surface area contributed by atoms with Crippen LogP contribution in [0.5, 0.6) is 0 Å². The number of nitrogens with one attached hydrogen (secondary N) is 1. The molecule has 4 nitrogen and oxygen atoms in total. The average Bonchev–Trinajstić information content (AvgIpc) is 2.48. The van der Waals surface area contributed by atoms with Crippen molar-refractivity contribution in [3.63, 3.8) is 0 Å². The first kappa shape index (κ1) is 13.8. The van der Waals surface area contributed by atoms with Crippen molar-refractivity contribution in [1.82, 2.24) is 10.4 Å². The zero-order valence-electron chi connectivity index (χ0n) is 10.6. The second-order valence-corrected chi connectivity index (χ2v) is 4.01. The lowest BCUT2D eigenvalue weighted by molar-refractivity contribution is 0.0954. The highest BCUT2D eigenvalue weighted by atomic mass is 19.2. The van der Waals surface area contributed by atoms with Crippen LogP contribution in [-0.4, -0.2) is 16.6 Å². The van der Waals surface area contributed by atoms with Crippen LogP contribution < -0.4 is 5.43 Å². The summed E-state index contributed by atoms with van der Waals surface area (Å²) in [5, 5.41) is 3.84. The molecule has 102 valence electrons. The van der Waals surface area contributed by atoms with Crippen LogP contribution >= 0.6 is 0 Å². The summed E-state index contributed by atoms with van der Waals surface area (Å²) < 4.78 is 25.9. The molecular formula is C14H11F2N3O. The van der Waals surface area contributed by atoms with Gasteiger partial charge in [-0.05, 0) is 37.3 Å². The molecule has 0 spiro atoms. The summed E-state index contributed by atoms with van der Waals surface area (Å²) in [6.45, 7) is 1.58. The summed E-state index contributed by atoms with van der Waals surface area (Å²) in [4.78, 5) is 15.5. The number of hydrogen-bond acceptors (Lipinski definition) is 3. The maximum Gasteiger partial charge on any atom is 0.272 e. The van der Waals surface area contributed by atoms with E-state index in [0.717, 1.165) is 12.1 Å². The predicted molar refractivity (Wildman–Crippen MR) is 70.3 cm³/mol. The number of benzene rings is 1. The van der Waals surface area contributed by atoms with Crippen LogP contribution in [0.2, 0.25) is 0 Å². The molecule has 0 saturated heterocycles. The Hall–Kier alpha value is -2.63.